The van der Waals surface area contributed by atoms with E-state index in [1.54, 1.807) is 0 Å². The summed E-state index contributed by atoms with van der Waals surface area (Å²) >= 11 is 0. The van der Waals surface area contributed by atoms with Gasteiger partial charge in [-0.05, 0) is 36.4 Å². The average molecular weight is 432 g/mol. The first kappa shape index (κ1) is 22.3. The van der Waals surface area contributed by atoms with Crippen molar-refractivity contribution in [3.05, 3.63) is 48.0 Å². The highest BCUT2D eigenvalue weighted by Crippen LogP contribution is 2.33. The van der Waals surface area contributed by atoms with Gasteiger partial charge >= 0.3 is 6.18 Å². The minimum Gasteiger partial charge on any atom is -0.497 e. The van der Waals surface area contributed by atoms with Gasteiger partial charge in [0.1, 0.15) is 18.0 Å². The molecular formula is C18H19F3N2O5S. The van der Waals surface area contributed by atoms with Crippen LogP contribution < -0.4 is 19.1 Å². The Balaban J connectivity index is 2.24. The fraction of sp³-hybridized carbons (Fsp3) is 0.278. The second-order valence-corrected chi connectivity index (χ2v) is 7.84. The van der Waals surface area contributed by atoms with Gasteiger partial charge in [0.2, 0.25) is 15.9 Å². The third-order valence-electron chi connectivity index (χ3n) is 3.84. The van der Waals surface area contributed by atoms with Gasteiger partial charge in [-0.2, -0.15) is 13.2 Å². The first-order valence-corrected chi connectivity index (χ1v) is 9.97. The molecule has 2 aromatic carbocycles. The van der Waals surface area contributed by atoms with E-state index in [1.807, 2.05) is 0 Å². The Bertz CT molecular complexity index is 976. The second-order valence-electron chi connectivity index (χ2n) is 5.93. The van der Waals surface area contributed by atoms with Crippen LogP contribution in [-0.2, 0) is 21.0 Å². The third kappa shape index (κ3) is 5.76. The lowest BCUT2D eigenvalue weighted by atomic mass is 10.2. The van der Waals surface area contributed by atoms with Gasteiger partial charge in [0.25, 0.3) is 0 Å². The Kier molecular flexibility index (Phi) is 6.62. The quantitative estimate of drug-likeness (QED) is 0.727. The molecule has 29 heavy (non-hydrogen) atoms. The van der Waals surface area contributed by atoms with Gasteiger partial charge in [-0.15, -0.1) is 0 Å². The number of alkyl halides is 3. The van der Waals surface area contributed by atoms with Crippen LogP contribution in [0.3, 0.4) is 0 Å². The molecule has 2 aromatic rings. The Hall–Kier alpha value is -2.95. The van der Waals surface area contributed by atoms with Crippen LogP contribution in [0.5, 0.6) is 11.5 Å². The molecule has 1 N–H and O–H groups in total. The minimum absolute atomic E-state index is 0.0955. The van der Waals surface area contributed by atoms with Gasteiger partial charge in [0.15, 0.2) is 0 Å². The SMILES string of the molecule is COc1ccc(N(CC(=O)Nc2ccc(C(F)(F)F)cc2)S(C)(=O)=O)c(OC)c1. The summed E-state index contributed by atoms with van der Waals surface area (Å²) in [6, 6.07) is 8.18. The zero-order valence-electron chi connectivity index (χ0n) is 15.8. The molecule has 7 nitrogen and oxygen atoms in total. The molecular weight excluding hydrogens is 413 g/mol. The van der Waals surface area contributed by atoms with Crippen LogP contribution >= 0.6 is 0 Å². The zero-order chi connectivity index (χ0) is 21.8. The summed E-state index contributed by atoms with van der Waals surface area (Å²) in [5.74, 6) is -0.154. The largest absolute Gasteiger partial charge is 0.497 e. The van der Waals surface area contributed by atoms with E-state index in [1.165, 1.54) is 32.4 Å². The van der Waals surface area contributed by atoms with Crippen molar-refractivity contribution in [2.75, 3.05) is 36.6 Å². The van der Waals surface area contributed by atoms with Crippen LogP contribution in [0.15, 0.2) is 42.5 Å². The summed E-state index contributed by atoms with van der Waals surface area (Å²) in [5.41, 5.74) is -0.659. The molecule has 0 aliphatic rings. The average Bonchev–Trinajstić information content (AvgIpc) is 2.64. The van der Waals surface area contributed by atoms with Crippen LogP contribution in [0.2, 0.25) is 0 Å². The lowest BCUT2D eigenvalue weighted by Gasteiger charge is -2.24. The number of carbonyl (C=O) groups is 1. The number of ether oxygens (including phenoxy) is 2. The predicted octanol–water partition coefficient (Wildman–Crippen LogP) is 3.13. The molecule has 0 saturated carbocycles. The van der Waals surface area contributed by atoms with E-state index in [0.29, 0.717) is 5.75 Å². The number of rotatable bonds is 7. The number of nitrogens with one attached hydrogen (secondary N) is 1. The molecule has 158 valence electrons. The Morgan fingerprint density at radius 2 is 1.69 bits per heavy atom. The van der Waals surface area contributed by atoms with Crippen LogP contribution in [0.25, 0.3) is 0 Å². The van der Waals surface area contributed by atoms with Crippen molar-refractivity contribution < 1.29 is 35.9 Å². The molecule has 0 atom stereocenters. The number of benzene rings is 2. The summed E-state index contributed by atoms with van der Waals surface area (Å²) < 4.78 is 73.4. The molecule has 0 spiro atoms. The number of hydrogen-bond donors (Lipinski definition) is 1. The Morgan fingerprint density at radius 3 is 2.17 bits per heavy atom. The fourth-order valence-electron chi connectivity index (χ4n) is 2.45. The van der Waals surface area contributed by atoms with Crippen molar-refractivity contribution in [1.82, 2.24) is 0 Å². The van der Waals surface area contributed by atoms with E-state index in [-0.39, 0.29) is 17.1 Å². The molecule has 0 bridgehead atoms. The number of halogens is 3. The first-order valence-electron chi connectivity index (χ1n) is 8.12. The van der Waals surface area contributed by atoms with Crippen molar-refractivity contribution in [1.29, 1.82) is 0 Å². The number of anilines is 2. The highest BCUT2D eigenvalue weighted by atomic mass is 32.2. The molecule has 0 aliphatic carbocycles. The van der Waals surface area contributed by atoms with Crippen molar-refractivity contribution in [2.24, 2.45) is 0 Å². The van der Waals surface area contributed by atoms with Crippen molar-refractivity contribution in [3.8, 4) is 11.5 Å². The second kappa shape index (κ2) is 8.60. The minimum atomic E-state index is -4.50. The lowest BCUT2D eigenvalue weighted by Crippen LogP contribution is -2.37. The number of sulfonamides is 1. The normalized spacial score (nSPS) is 11.7. The maximum Gasteiger partial charge on any atom is 0.416 e. The van der Waals surface area contributed by atoms with Crippen molar-refractivity contribution in [2.45, 2.75) is 6.18 Å². The Morgan fingerprint density at radius 1 is 1.07 bits per heavy atom. The van der Waals surface area contributed by atoms with Crippen molar-refractivity contribution in [3.63, 3.8) is 0 Å². The molecule has 0 fully saturated rings. The Labute approximate surface area is 166 Å². The maximum absolute atomic E-state index is 12.6. The summed E-state index contributed by atoms with van der Waals surface area (Å²) in [5, 5.41) is 2.38. The van der Waals surface area contributed by atoms with Crippen molar-refractivity contribution >= 4 is 27.3 Å². The van der Waals surface area contributed by atoms with E-state index in [4.69, 9.17) is 9.47 Å². The van der Waals surface area contributed by atoms with Crippen LogP contribution in [-0.4, -0.2) is 41.3 Å². The van der Waals surface area contributed by atoms with E-state index in [0.717, 1.165) is 34.8 Å². The smallest absolute Gasteiger partial charge is 0.416 e. The summed E-state index contributed by atoms with van der Waals surface area (Å²) in [7, 11) is -1.12. The van der Waals surface area contributed by atoms with Gasteiger partial charge in [-0.3, -0.25) is 9.10 Å². The maximum atomic E-state index is 12.6. The van der Waals surface area contributed by atoms with Crippen LogP contribution in [0, 0.1) is 0 Å². The number of methoxy groups -OCH3 is 2. The highest BCUT2D eigenvalue weighted by molar-refractivity contribution is 7.92. The standard InChI is InChI=1S/C18H19F3N2O5S/c1-27-14-8-9-15(16(10-14)28-2)23(29(3,25)26)11-17(24)22-13-6-4-12(5-7-13)18(19,20)21/h4-10H,11H2,1-3H3,(H,22,24). The highest BCUT2D eigenvalue weighted by Gasteiger charge is 2.30. The molecule has 1 amide bonds. The molecule has 0 saturated heterocycles. The van der Waals surface area contributed by atoms with Gasteiger partial charge < -0.3 is 14.8 Å². The lowest BCUT2D eigenvalue weighted by molar-refractivity contribution is -0.137. The molecule has 0 heterocycles. The van der Waals surface area contributed by atoms with Gasteiger partial charge in [0.05, 0.1) is 31.7 Å². The summed E-state index contributed by atoms with van der Waals surface area (Å²) in [6.45, 7) is -0.609. The molecule has 0 radical (unpaired) electrons. The van der Waals surface area contributed by atoms with E-state index in [2.05, 4.69) is 5.32 Å². The number of carbonyl (C=O) groups excluding carboxylic acids is 1. The summed E-state index contributed by atoms with van der Waals surface area (Å²) in [4.78, 5) is 12.3. The number of amides is 1. The molecule has 0 aliphatic heterocycles. The van der Waals surface area contributed by atoms with Crippen LogP contribution in [0.4, 0.5) is 24.5 Å². The molecule has 2 rings (SSSR count). The topological polar surface area (TPSA) is 84.9 Å². The van der Waals surface area contributed by atoms with E-state index >= 15 is 0 Å². The van der Waals surface area contributed by atoms with E-state index in [9.17, 15) is 26.4 Å². The van der Waals surface area contributed by atoms with Crippen LogP contribution in [0.1, 0.15) is 5.56 Å². The van der Waals surface area contributed by atoms with Gasteiger partial charge in [-0.1, -0.05) is 0 Å². The third-order valence-corrected chi connectivity index (χ3v) is 4.97. The fourth-order valence-corrected chi connectivity index (χ4v) is 3.31. The zero-order valence-corrected chi connectivity index (χ0v) is 16.6. The summed E-state index contributed by atoms with van der Waals surface area (Å²) in [6.07, 6.45) is -3.58. The molecule has 0 unspecified atom stereocenters. The first-order chi connectivity index (χ1) is 13.5. The number of nitrogens with zero attached hydrogens (tertiary/aromatic N) is 1. The van der Waals surface area contributed by atoms with Gasteiger partial charge in [-0.25, -0.2) is 8.42 Å². The van der Waals surface area contributed by atoms with Gasteiger partial charge in [0, 0.05) is 11.8 Å². The predicted molar refractivity (Wildman–Crippen MR) is 102 cm³/mol. The molecule has 11 heteroatoms. The molecule has 0 aromatic heterocycles. The van der Waals surface area contributed by atoms with E-state index < -0.39 is 34.2 Å². The monoisotopic (exact) mass is 432 g/mol. The number of hydrogen-bond acceptors (Lipinski definition) is 5.